The lowest BCUT2D eigenvalue weighted by molar-refractivity contribution is 0.364. The summed E-state index contributed by atoms with van der Waals surface area (Å²) in [5.74, 6) is 1.33. The molecule has 1 aliphatic rings. The molecule has 0 saturated carbocycles. The maximum Gasteiger partial charge on any atom is 0.153 e. The fourth-order valence-electron chi connectivity index (χ4n) is 1.43. The molecule has 1 aliphatic heterocycles. The van der Waals surface area contributed by atoms with Crippen molar-refractivity contribution >= 4 is 9.84 Å². The van der Waals surface area contributed by atoms with E-state index in [1.807, 2.05) is 6.92 Å². The highest BCUT2D eigenvalue weighted by atomic mass is 32.2. The standard InChI is InChI=1S/C7H14O2S/c1-5(2)7-4-10(8,9)6(7)3/h5-7H,4H2,1-3H3/t6-,7?/m0/s1. The van der Waals surface area contributed by atoms with E-state index in [4.69, 9.17) is 0 Å². The number of hydrogen-bond acceptors (Lipinski definition) is 2. The van der Waals surface area contributed by atoms with Gasteiger partial charge in [-0.2, -0.15) is 0 Å². The van der Waals surface area contributed by atoms with Crippen LogP contribution < -0.4 is 0 Å². The molecule has 0 amide bonds. The van der Waals surface area contributed by atoms with Crippen molar-refractivity contribution in [3.8, 4) is 0 Å². The van der Waals surface area contributed by atoms with Gasteiger partial charge in [0.2, 0.25) is 0 Å². The fraction of sp³-hybridized carbons (Fsp3) is 1.00. The van der Waals surface area contributed by atoms with Gasteiger partial charge in [-0.15, -0.1) is 0 Å². The van der Waals surface area contributed by atoms with E-state index in [2.05, 4.69) is 13.8 Å². The monoisotopic (exact) mass is 162 g/mol. The Morgan fingerprint density at radius 2 is 1.90 bits per heavy atom. The van der Waals surface area contributed by atoms with Crippen molar-refractivity contribution in [1.82, 2.24) is 0 Å². The summed E-state index contributed by atoms with van der Waals surface area (Å²) >= 11 is 0. The average Bonchev–Trinajstić information content (AvgIpc) is 1.82. The molecule has 1 rings (SSSR count). The molecule has 0 aromatic heterocycles. The van der Waals surface area contributed by atoms with Crippen LogP contribution in [-0.2, 0) is 9.84 Å². The Morgan fingerprint density at radius 3 is 2.00 bits per heavy atom. The molecule has 2 nitrogen and oxygen atoms in total. The predicted molar refractivity (Wildman–Crippen MR) is 41.6 cm³/mol. The highest BCUT2D eigenvalue weighted by Gasteiger charge is 2.43. The van der Waals surface area contributed by atoms with Crippen LogP contribution in [0.25, 0.3) is 0 Å². The first-order valence-electron chi connectivity index (χ1n) is 3.66. The van der Waals surface area contributed by atoms with Crippen LogP contribution in [0.4, 0.5) is 0 Å². The molecular weight excluding hydrogens is 148 g/mol. The van der Waals surface area contributed by atoms with Gasteiger partial charge in [-0.3, -0.25) is 0 Å². The van der Waals surface area contributed by atoms with Gasteiger partial charge in [-0.05, 0) is 18.8 Å². The quantitative estimate of drug-likeness (QED) is 0.578. The molecule has 0 radical (unpaired) electrons. The molecule has 0 N–H and O–H groups in total. The Bertz CT molecular complexity index is 216. The molecule has 1 heterocycles. The van der Waals surface area contributed by atoms with Crippen molar-refractivity contribution in [2.45, 2.75) is 26.0 Å². The lowest BCUT2D eigenvalue weighted by atomic mass is 9.94. The summed E-state index contributed by atoms with van der Waals surface area (Å²) in [7, 11) is -2.65. The van der Waals surface area contributed by atoms with Crippen molar-refractivity contribution in [3.63, 3.8) is 0 Å². The van der Waals surface area contributed by atoms with E-state index >= 15 is 0 Å². The lowest BCUT2D eigenvalue weighted by Crippen LogP contribution is -2.47. The molecule has 3 heteroatoms. The smallest absolute Gasteiger partial charge is 0.153 e. The van der Waals surface area contributed by atoms with Gasteiger partial charge in [0, 0.05) is 0 Å². The van der Waals surface area contributed by atoms with Crippen LogP contribution in [0.3, 0.4) is 0 Å². The van der Waals surface area contributed by atoms with Crippen LogP contribution in [0.5, 0.6) is 0 Å². The zero-order chi connectivity index (χ0) is 7.94. The van der Waals surface area contributed by atoms with Crippen molar-refractivity contribution in [2.75, 3.05) is 5.75 Å². The third-order valence-corrected chi connectivity index (χ3v) is 4.78. The molecule has 0 aromatic carbocycles. The van der Waals surface area contributed by atoms with E-state index in [1.54, 1.807) is 0 Å². The Kier molecular flexibility index (Phi) is 1.79. The number of hydrogen-bond donors (Lipinski definition) is 0. The van der Waals surface area contributed by atoms with Gasteiger partial charge in [0.1, 0.15) is 0 Å². The lowest BCUT2D eigenvalue weighted by Gasteiger charge is -2.36. The summed E-state index contributed by atoms with van der Waals surface area (Å²) in [6, 6.07) is 0. The largest absolute Gasteiger partial charge is 0.229 e. The topological polar surface area (TPSA) is 34.1 Å². The molecule has 1 unspecified atom stereocenters. The zero-order valence-corrected chi connectivity index (χ0v) is 7.48. The van der Waals surface area contributed by atoms with Crippen LogP contribution in [0.15, 0.2) is 0 Å². The molecule has 2 atom stereocenters. The van der Waals surface area contributed by atoms with Gasteiger partial charge in [0.05, 0.1) is 11.0 Å². The van der Waals surface area contributed by atoms with E-state index in [-0.39, 0.29) is 5.25 Å². The predicted octanol–water partition coefficient (Wildman–Crippen LogP) is 1.08. The molecule has 0 aromatic rings. The molecule has 60 valence electrons. The summed E-state index contributed by atoms with van der Waals surface area (Å²) in [6.07, 6.45) is 0. The Labute approximate surface area is 62.5 Å². The molecule has 10 heavy (non-hydrogen) atoms. The molecule has 1 saturated heterocycles. The van der Waals surface area contributed by atoms with Crippen LogP contribution in [0.2, 0.25) is 0 Å². The van der Waals surface area contributed by atoms with E-state index < -0.39 is 9.84 Å². The first-order chi connectivity index (χ1) is 4.45. The van der Waals surface area contributed by atoms with E-state index in [9.17, 15) is 8.42 Å². The highest BCUT2D eigenvalue weighted by Crippen LogP contribution is 2.33. The van der Waals surface area contributed by atoms with Crippen molar-refractivity contribution < 1.29 is 8.42 Å². The maximum atomic E-state index is 10.9. The van der Waals surface area contributed by atoms with Crippen LogP contribution in [0.1, 0.15) is 20.8 Å². The van der Waals surface area contributed by atoms with E-state index in [0.717, 1.165) is 0 Å². The van der Waals surface area contributed by atoms with Gasteiger partial charge < -0.3 is 0 Å². The van der Waals surface area contributed by atoms with Crippen molar-refractivity contribution in [3.05, 3.63) is 0 Å². The summed E-state index contributed by atoms with van der Waals surface area (Å²) in [5, 5.41) is -0.0903. The van der Waals surface area contributed by atoms with Gasteiger partial charge in [0.15, 0.2) is 9.84 Å². The van der Waals surface area contributed by atoms with Crippen molar-refractivity contribution in [1.29, 1.82) is 0 Å². The van der Waals surface area contributed by atoms with Gasteiger partial charge in [0.25, 0.3) is 0 Å². The third kappa shape index (κ3) is 1.07. The van der Waals surface area contributed by atoms with Gasteiger partial charge >= 0.3 is 0 Å². The Hall–Kier alpha value is -0.0500. The Balaban J connectivity index is 2.64. The first kappa shape index (κ1) is 8.05. The normalized spacial score (nSPS) is 37.6. The molecule has 0 spiro atoms. The summed E-state index contributed by atoms with van der Waals surface area (Å²) in [5.41, 5.74) is 0. The first-order valence-corrected chi connectivity index (χ1v) is 5.38. The SMILES string of the molecule is CC(C)C1CS(=O)(=O)[C@H]1C. The van der Waals surface area contributed by atoms with Crippen molar-refractivity contribution in [2.24, 2.45) is 11.8 Å². The Morgan fingerprint density at radius 1 is 1.40 bits per heavy atom. The summed E-state index contributed by atoms with van der Waals surface area (Å²) < 4.78 is 21.9. The third-order valence-electron chi connectivity index (χ3n) is 2.45. The summed E-state index contributed by atoms with van der Waals surface area (Å²) in [4.78, 5) is 0. The second-order valence-corrected chi connectivity index (χ2v) is 5.85. The second-order valence-electron chi connectivity index (χ2n) is 3.44. The fourth-order valence-corrected chi connectivity index (χ4v) is 3.53. The van der Waals surface area contributed by atoms with Crippen LogP contribution in [0, 0.1) is 11.8 Å². The maximum absolute atomic E-state index is 10.9. The molecule has 1 fully saturated rings. The second kappa shape index (κ2) is 2.22. The van der Waals surface area contributed by atoms with Gasteiger partial charge in [-0.25, -0.2) is 8.42 Å². The molecule has 0 aliphatic carbocycles. The molecule has 0 bridgehead atoms. The number of rotatable bonds is 1. The minimum absolute atomic E-state index is 0.0903. The van der Waals surface area contributed by atoms with Crippen LogP contribution in [-0.4, -0.2) is 19.4 Å². The van der Waals surface area contributed by atoms with E-state index in [0.29, 0.717) is 17.6 Å². The summed E-state index contributed by atoms with van der Waals surface area (Å²) in [6.45, 7) is 5.97. The molecular formula is C7H14O2S. The van der Waals surface area contributed by atoms with Gasteiger partial charge in [-0.1, -0.05) is 13.8 Å². The minimum atomic E-state index is -2.65. The average molecular weight is 162 g/mol. The number of sulfone groups is 1. The van der Waals surface area contributed by atoms with E-state index in [1.165, 1.54) is 0 Å². The zero-order valence-electron chi connectivity index (χ0n) is 6.66. The van der Waals surface area contributed by atoms with Crippen LogP contribution >= 0.6 is 0 Å². The minimum Gasteiger partial charge on any atom is -0.229 e. The highest BCUT2D eigenvalue weighted by molar-refractivity contribution is 7.93.